The summed E-state index contributed by atoms with van der Waals surface area (Å²) < 4.78 is 11.3. The van der Waals surface area contributed by atoms with Crippen LogP contribution >= 0.6 is 0 Å². The van der Waals surface area contributed by atoms with Gasteiger partial charge in [0, 0.05) is 23.1 Å². The maximum Gasteiger partial charge on any atom is 0.164 e. The van der Waals surface area contributed by atoms with Gasteiger partial charge in [-0.15, -0.1) is 0 Å². The third-order valence-electron chi connectivity index (χ3n) is 1.97. The van der Waals surface area contributed by atoms with Gasteiger partial charge < -0.3 is 0 Å². The number of ketones is 1. The largest absolute Gasteiger partial charge is 0.294 e. The number of hydrogen-bond donors (Lipinski definition) is 0. The van der Waals surface area contributed by atoms with Crippen molar-refractivity contribution in [1.82, 2.24) is 0 Å². The normalized spacial score (nSPS) is 12.4. The van der Waals surface area contributed by atoms with Gasteiger partial charge in [0.15, 0.2) is 5.78 Å². The van der Waals surface area contributed by atoms with Gasteiger partial charge in [-0.1, -0.05) is 25.1 Å². The summed E-state index contributed by atoms with van der Waals surface area (Å²) in [5.74, 6) is 0.0818. The van der Waals surface area contributed by atoms with E-state index in [-0.39, 0.29) is 5.78 Å². The second kappa shape index (κ2) is 5.05. The summed E-state index contributed by atoms with van der Waals surface area (Å²) in [6, 6.07) is 7.10. The van der Waals surface area contributed by atoms with E-state index in [0.29, 0.717) is 16.9 Å². The molecule has 0 spiro atoms. The first-order chi connectivity index (χ1) is 6.66. The topological polar surface area (TPSA) is 34.1 Å². The van der Waals surface area contributed by atoms with Gasteiger partial charge in [0.1, 0.15) is 0 Å². The zero-order valence-electron chi connectivity index (χ0n) is 8.45. The quantitative estimate of drug-likeness (QED) is 0.715. The molecule has 0 N–H and O–H groups in total. The molecular formula is C11H14O2S. The molecule has 1 rings (SSSR count). The van der Waals surface area contributed by atoms with Gasteiger partial charge in [-0.2, -0.15) is 0 Å². The summed E-state index contributed by atoms with van der Waals surface area (Å²) in [5, 5.41) is 0. The summed E-state index contributed by atoms with van der Waals surface area (Å²) in [5.41, 5.74) is 0.607. The minimum absolute atomic E-state index is 0.0818. The fourth-order valence-corrected chi connectivity index (χ4v) is 2.07. The van der Waals surface area contributed by atoms with Gasteiger partial charge in [-0.3, -0.25) is 9.00 Å². The zero-order chi connectivity index (χ0) is 10.6. The lowest BCUT2D eigenvalue weighted by molar-refractivity contribution is 0.0979. The molecule has 0 radical (unpaired) electrons. The van der Waals surface area contributed by atoms with Crippen LogP contribution in [0.3, 0.4) is 0 Å². The molecule has 76 valence electrons. The maximum absolute atomic E-state index is 11.6. The standard InChI is InChI=1S/C11H14O2S/c1-3-6-10(12)9-7-4-5-8-11(9)14(2)13/h4-5,7-8H,3,6H2,1-2H3. The van der Waals surface area contributed by atoms with Crippen molar-refractivity contribution in [2.24, 2.45) is 0 Å². The lowest BCUT2D eigenvalue weighted by atomic mass is 10.1. The van der Waals surface area contributed by atoms with Crippen molar-refractivity contribution >= 4 is 16.6 Å². The molecule has 0 aliphatic carbocycles. The van der Waals surface area contributed by atoms with E-state index in [1.54, 1.807) is 30.5 Å². The molecule has 0 saturated heterocycles. The fraction of sp³-hybridized carbons (Fsp3) is 0.364. The highest BCUT2D eigenvalue weighted by atomic mass is 32.2. The smallest absolute Gasteiger partial charge is 0.164 e. The predicted molar refractivity (Wildman–Crippen MR) is 58.0 cm³/mol. The summed E-state index contributed by atoms with van der Waals surface area (Å²) in [7, 11) is -1.09. The molecule has 0 heterocycles. The van der Waals surface area contributed by atoms with Gasteiger partial charge in [0.25, 0.3) is 0 Å². The molecule has 0 bridgehead atoms. The highest BCUT2D eigenvalue weighted by molar-refractivity contribution is 7.84. The van der Waals surface area contributed by atoms with Crippen LogP contribution in [0.15, 0.2) is 29.2 Å². The second-order valence-corrected chi connectivity index (χ2v) is 4.47. The molecule has 1 unspecified atom stereocenters. The molecule has 0 aliphatic rings. The molecule has 1 aromatic carbocycles. The van der Waals surface area contributed by atoms with E-state index >= 15 is 0 Å². The van der Waals surface area contributed by atoms with Crippen LogP contribution in [0.1, 0.15) is 30.1 Å². The average Bonchev–Trinajstić information content (AvgIpc) is 2.18. The second-order valence-electron chi connectivity index (χ2n) is 3.12. The van der Waals surface area contributed by atoms with Crippen molar-refractivity contribution in [3.63, 3.8) is 0 Å². The van der Waals surface area contributed by atoms with E-state index < -0.39 is 10.8 Å². The van der Waals surface area contributed by atoms with Gasteiger partial charge >= 0.3 is 0 Å². The lowest BCUT2D eigenvalue weighted by Gasteiger charge is -2.04. The molecule has 14 heavy (non-hydrogen) atoms. The Labute approximate surface area is 86.8 Å². The molecule has 0 aromatic heterocycles. The number of hydrogen-bond acceptors (Lipinski definition) is 2. The van der Waals surface area contributed by atoms with Crippen molar-refractivity contribution in [2.75, 3.05) is 6.26 Å². The molecule has 0 amide bonds. The molecule has 0 saturated carbocycles. The predicted octanol–water partition coefficient (Wildman–Crippen LogP) is 2.41. The summed E-state index contributed by atoms with van der Waals surface area (Å²) in [6.07, 6.45) is 2.94. The molecule has 2 nitrogen and oxygen atoms in total. The van der Waals surface area contributed by atoms with Gasteiger partial charge in [-0.25, -0.2) is 0 Å². The zero-order valence-corrected chi connectivity index (χ0v) is 9.26. The van der Waals surface area contributed by atoms with Gasteiger partial charge in [-0.05, 0) is 12.5 Å². The van der Waals surface area contributed by atoms with Gasteiger partial charge in [0.05, 0.1) is 10.8 Å². The molecule has 0 fully saturated rings. The number of Topliss-reactive ketones (excluding diaryl/α,β-unsaturated/α-hetero) is 1. The Bertz CT molecular complexity index is 358. The number of rotatable bonds is 4. The van der Waals surface area contributed by atoms with E-state index in [1.165, 1.54) is 0 Å². The summed E-state index contributed by atoms with van der Waals surface area (Å²) >= 11 is 0. The summed E-state index contributed by atoms with van der Waals surface area (Å²) in [6.45, 7) is 1.96. The van der Waals surface area contributed by atoms with Crippen molar-refractivity contribution in [2.45, 2.75) is 24.7 Å². The maximum atomic E-state index is 11.6. The number of benzene rings is 1. The minimum atomic E-state index is -1.09. The van der Waals surface area contributed by atoms with E-state index in [4.69, 9.17) is 0 Å². The minimum Gasteiger partial charge on any atom is -0.294 e. The van der Waals surface area contributed by atoms with Crippen molar-refractivity contribution in [3.05, 3.63) is 29.8 Å². The van der Waals surface area contributed by atoms with Crippen LogP contribution < -0.4 is 0 Å². The Hall–Kier alpha value is -0.960. The highest BCUT2D eigenvalue weighted by Gasteiger charge is 2.11. The Kier molecular flexibility index (Phi) is 4.01. The molecule has 1 aromatic rings. The Morgan fingerprint density at radius 2 is 2.00 bits per heavy atom. The van der Waals surface area contributed by atoms with Crippen molar-refractivity contribution < 1.29 is 9.00 Å². The van der Waals surface area contributed by atoms with E-state index in [1.807, 2.05) is 6.92 Å². The van der Waals surface area contributed by atoms with Crippen LogP contribution in [0.5, 0.6) is 0 Å². The Morgan fingerprint density at radius 1 is 1.36 bits per heavy atom. The first-order valence-corrected chi connectivity index (χ1v) is 6.18. The molecule has 1 atom stereocenters. The van der Waals surface area contributed by atoms with Crippen LogP contribution in [-0.2, 0) is 10.8 Å². The van der Waals surface area contributed by atoms with Crippen LogP contribution in [0.25, 0.3) is 0 Å². The molecule has 3 heteroatoms. The van der Waals surface area contributed by atoms with Crippen molar-refractivity contribution in [3.8, 4) is 0 Å². The fourth-order valence-electron chi connectivity index (χ4n) is 1.31. The number of carbonyl (C=O) groups excluding carboxylic acids is 1. The Balaban J connectivity index is 3.07. The van der Waals surface area contributed by atoms with Crippen LogP contribution in [0.4, 0.5) is 0 Å². The van der Waals surface area contributed by atoms with Crippen molar-refractivity contribution in [1.29, 1.82) is 0 Å². The first-order valence-electron chi connectivity index (χ1n) is 4.62. The van der Waals surface area contributed by atoms with E-state index in [2.05, 4.69) is 0 Å². The monoisotopic (exact) mass is 210 g/mol. The third kappa shape index (κ3) is 2.51. The SMILES string of the molecule is CCCC(=O)c1ccccc1S(C)=O. The molecule has 0 aliphatic heterocycles. The highest BCUT2D eigenvalue weighted by Crippen LogP contribution is 2.15. The van der Waals surface area contributed by atoms with E-state index in [0.717, 1.165) is 6.42 Å². The van der Waals surface area contributed by atoms with Crippen LogP contribution in [0, 0.1) is 0 Å². The summed E-state index contributed by atoms with van der Waals surface area (Å²) in [4.78, 5) is 12.3. The Morgan fingerprint density at radius 3 is 2.57 bits per heavy atom. The van der Waals surface area contributed by atoms with Gasteiger partial charge in [0.2, 0.25) is 0 Å². The lowest BCUT2D eigenvalue weighted by Crippen LogP contribution is -2.03. The first kappa shape index (κ1) is 11.1. The van der Waals surface area contributed by atoms with Crippen LogP contribution in [0.2, 0.25) is 0 Å². The van der Waals surface area contributed by atoms with Crippen LogP contribution in [-0.4, -0.2) is 16.2 Å². The average molecular weight is 210 g/mol. The molecular weight excluding hydrogens is 196 g/mol. The number of carbonyl (C=O) groups is 1. The third-order valence-corrected chi connectivity index (χ3v) is 2.95. The van der Waals surface area contributed by atoms with E-state index in [9.17, 15) is 9.00 Å².